The third-order valence-corrected chi connectivity index (χ3v) is 7.07. The molecule has 2 amide bonds. The first kappa shape index (κ1) is 28.8. The number of rotatable bonds is 21. The maximum atomic E-state index is 12.7. The summed E-state index contributed by atoms with van der Waals surface area (Å²) in [7, 11) is 0. The van der Waals surface area contributed by atoms with Crippen LogP contribution in [0.5, 0.6) is 0 Å². The van der Waals surface area contributed by atoms with E-state index in [4.69, 9.17) is 0 Å². The first-order chi connectivity index (χ1) is 15.5. The van der Waals surface area contributed by atoms with Gasteiger partial charge in [0.15, 0.2) is 0 Å². The molecule has 0 radical (unpaired) electrons. The number of carbonyl (C=O) groups excluding carboxylic acids is 3. The van der Waals surface area contributed by atoms with E-state index in [-0.39, 0.29) is 23.7 Å². The summed E-state index contributed by atoms with van der Waals surface area (Å²) >= 11 is 0. The van der Waals surface area contributed by atoms with Crippen molar-refractivity contribution >= 4 is 17.6 Å². The van der Waals surface area contributed by atoms with Gasteiger partial charge in [0, 0.05) is 31.2 Å². The smallest absolute Gasteiger partial charge is 0.232 e. The van der Waals surface area contributed by atoms with E-state index in [0.29, 0.717) is 25.2 Å². The maximum Gasteiger partial charge on any atom is 0.232 e. The van der Waals surface area contributed by atoms with E-state index in [1.165, 1.54) is 49.8 Å². The summed E-state index contributed by atoms with van der Waals surface area (Å²) < 4.78 is 0. The van der Waals surface area contributed by atoms with Crippen LogP contribution in [0, 0.1) is 11.8 Å². The fraction of sp³-hybridized carbons (Fsp3) is 0.893. The maximum absolute atomic E-state index is 12.7. The third-order valence-electron chi connectivity index (χ3n) is 7.07. The van der Waals surface area contributed by atoms with Crippen molar-refractivity contribution in [1.82, 2.24) is 4.90 Å². The highest BCUT2D eigenvalue weighted by molar-refractivity contribution is 6.03. The van der Waals surface area contributed by atoms with E-state index in [2.05, 4.69) is 20.8 Å². The molecule has 1 rings (SSSR count). The molecule has 0 bridgehead atoms. The Bertz CT molecular complexity index is 531. The zero-order chi connectivity index (χ0) is 23.6. The van der Waals surface area contributed by atoms with Gasteiger partial charge in [-0.1, -0.05) is 97.8 Å². The number of imide groups is 1. The Kier molecular flexibility index (Phi) is 16.5. The lowest BCUT2D eigenvalue weighted by molar-refractivity contribution is -0.139. The van der Waals surface area contributed by atoms with Crippen LogP contribution >= 0.6 is 0 Å². The molecule has 0 aliphatic carbocycles. The third kappa shape index (κ3) is 11.6. The minimum atomic E-state index is -0.0854. The van der Waals surface area contributed by atoms with Crippen LogP contribution in [-0.4, -0.2) is 29.0 Å². The molecule has 186 valence electrons. The SMILES string of the molecule is CCCCCCCC1CC(=O)N(CCCCCC(=O)C(CCCC)CCCCCC)C1=O. The summed E-state index contributed by atoms with van der Waals surface area (Å²) in [5.41, 5.74) is 0. The Morgan fingerprint density at radius 1 is 0.781 bits per heavy atom. The van der Waals surface area contributed by atoms with Gasteiger partial charge < -0.3 is 0 Å². The molecule has 1 aliphatic rings. The molecule has 0 saturated carbocycles. The number of ketones is 1. The zero-order valence-electron chi connectivity index (χ0n) is 21.5. The van der Waals surface area contributed by atoms with E-state index in [0.717, 1.165) is 64.2 Å². The predicted octanol–water partition coefficient (Wildman–Crippen LogP) is 7.63. The van der Waals surface area contributed by atoms with Crippen LogP contribution in [0.2, 0.25) is 0 Å². The van der Waals surface area contributed by atoms with E-state index in [1.54, 1.807) is 0 Å². The van der Waals surface area contributed by atoms with Gasteiger partial charge in [-0.15, -0.1) is 0 Å². The zero-order valence-corrected chi connectivity index (χ0v) is 21.5. The van der Waals surface area contributed by atoms with Gasteiger partial charge in [-0.2, -0.15) is 0 Å². The van der Waals surface area contributed by atoms with Crippen molar-refractivity contribution in [2.45, 2.75) is 143 Å². The average Bonchev–Trinajstić information content (AvgIpc) is 3.05. The summed E-state index contributed by atoms with van der Waals surface area (Å²) in [6, 6.07) is 0. The van der Waals surface area contributed by atoms with Crippen LogP contribution in [0.1, 0.15) is 143 Å². The second kappa shape index (κ2) is 18.3. The molecule has 4 nitrogen and oxygen atoms in total. The second-order valence-electron chi connectivity index (χ2n) is 9.95. The Labute approximate surface area is 198 Å². The highest BCUT2D eigenvalue weighted by Crippen LogP contribution is 2.26. The average molecular weight is 450 g/mol. The lowest BCUT2D eigenvalue weighted by atomic mass is 9.89. The van der Waals surface area contributed by atoms with Gasteiger partial charge in [-0.25, -0.2) is 0 Å². The lowest BCUT2D eigenvalue weighted by Gasteiger charge is -2.16. The van der Waals surface area contributed by atoms with Crippen LogP contribution in [0.4, 0.5) is 0 Å². The van der Waals surface area contributed by atoms with Crippen molar-refractivity contribution in [3.8, 4) is 0 Å². The molecule has 2 unspecified atom stereocenters. The molecule has 1 saturated heterocycles. The van der Waals surface area contributed by atoms with Crippen molar-refractivity contribution in [2.24, 2.45) is 11.8 Å². The van der Waals surface area contributed by atoms with E-state index in [1.807, 2.05) is 0 Å². The van der Waals surface area contributed by atoms with Gasteiger partial charge >= 0.3 is 0 Å². The molecule has 4 heteroatoms. The predicted molar refractivity (Wildman–Crippen MR) is 133 cm³/mol. The molecule has 0 spiro atoms. The highest BCUT2D eigenvalue weighted by atomic mass is 16.2. The largest absolute Gasteiger partial charge is 0.299 e. The Morgan fingerprint density at radius 3 is 2.06 bits per heavy atom. The first-order valence-corrected chi connectivity index (χ1v) is 13.9. The first-order valence-electron chi connectivity index (χ1n) is 13.9. The topological polar surface area (TPSA) is 54.5 Å². The number of Topliss-reactive ketones (excluding diaryl/α,β-unsaturated/α-hetero) is 1. The van der Waals surface area contributed by atoms with Gasteiger partial charge in [0.2, 0.25) is 11.8 Å². The number of hydrogen-bond donors (Lipinski definition) is 0. The van der Waals surface area contributed by atoms with Crippen molar-refractivity contribution in [3.05, 3.63) is 0 Å². The number of amides is 2. The number of carbonyl (C=O) groups is 3. The number of hydrogen-bond acceptors (Lipinski definition) is 3. The van der Waals surface area contributed by atoms with Crippen LogP contribution in [-0.2, 0) is 14.4 Å². The molecule has 1 fully saturated rings. The van der Waals surface area contributed by atoms with Crippen molar-refractivity contribution in [1.29, 1.82) is 0 Å². The molecule has 32 heavy (non-hydrogen) atoms. The van der Waals surface area contributed by atoms with Gasteiger partial charge in [-0.3, -0.25) is 19.3 Å². The van der Waals surface area contributed by atoms with E-state index in [9.17, 15) is 14.4 Å². The standard InChI is InChI=1S/C28H51NO3/c1-4-7-10-12-15-20-25-23-27(31)29(28(25)32)22-17-13-16-21-26(30)24(18-9-6-3)19-14-11-8-5-2/h24-25H,4-23H2,1-3H3. The van der Waals surface area contributed by atoms with E-state index >= 15 is 0 Å². The minimum Gasteiger partial charge on any atom is -0.299 e. The molecule has 0 aromatic heterocycles. The normalized spacial score (nSPS) is 17.3. The Balaban J connectivity index is 2.26. The molecule has 0 N–H and O–H groups in total. The minimum absolute atomic E-state index is 0.0105. The summed E-state index contributed by atoms with van der Waals surface area (Å²) in [6.45, 7) is 7.15. The van der Waals surface area contributed by atoms with Crippen LogP contribution < -0.4 is 0 Å². The van der Waals surface area contributed by atoms with Crippen molar-refractivity contribution < 1.29 is 14.4 Å². The molecule has 2 atom stereocenters. The van der Waals surface area contributed by atoms with Gasteiger partial charge in [0.1, 0.15) is 5.78 Å². The van der Waals surface area contributed by atoms with Crippen LogP contribution in [0.3, 0.4) is 0 Å². The summed E-state index contributed by atoms with van der Waals surface area (Å²) in [5.74, 6) is 0.653. The molecule has 1 aliphatic heterocycles. The number of unbranched alkanes of at least 4 members (excludes halogenated alkanes) is 10. The quantitative estimate of drug-likeness (QED) is 0.134. The van der Waals surface area contributed by atoms with Crippen LogP contribution in [0.25, 0.3) is 0 Å². The molecule has 0 aromatic carbocycles. The molecule has 1 heterocycles. The highest BCUT2D eigenvalue weighted by Gasteiger charge is 2.37. The number of nitrogens with zero attached hydrogens (tertiary/aromatic N) is 1. The monoisotopic (exact) mass is 449 g/mol. The van der Waals surface area contributed by atoms with Crippen molar-refractivity contribution in [2.75, 3.05) is 6.54 Å². The molecular weight excluding hydrogens is 398 g/mol. The number of likely N-dealkylation sites (tertiary alicyclic amines) is 1. The summed E-state index contributed by atoms with van der Waals surface area (Å²) in [6.07, 6.45) is 19.8. The van der Waals surface area contributed by atoms with E-state index < -0.39 is 0 Å². The van der Waals surface area contributed by atoms with Gasteiger partial charge in [-0.05, 0) is 32.1 Å². The molecule has 0 aromatic rings. The Hall–Kier alpha value is -1.19. The van der Waals surface area contributed by atoms with Gasteiger partial charge in [0.05, 0.1) is 0 Å². The van der Waals surface area contributed by atoms with Crippen molar-refractivity contribution in [3.63, 3.8) is 0 Å². The fourth-order valence-electron chi connectivity index (χ4n) is 4.89. The summed E-state index contributed by atoms with van der Waals surface area (Å²) in [4.78, 5) is 39.1. The van der Waals surface area contributed by atoms with Gasteiger partial charge in [0.25, 0.3) is 0 Å². The lowest BCUT2D eigenvalue weighted by Crippen LogP contribution is -2.31. The molecular formula is C28H51NO3. The second-order valence-corrected chi connectivity index (χ2v) is 9.95. The Morgan fingerprint density at radius 2 is 1.38 bits per heavy atom. The van der Waals surface area contributed by atoms with Crippen LogP contribution in [0.15, 0.2) is 0 Å². The fourth-order valence-corrected chi connectivity index (χ4v) is 4.89. The summed E-state index contributed by atoms with van der Waals surface area (Å²) in [5, 5.41) is 0.